The summed E-state index contributed by atoms with van der Waals surface area (Å²) in [6.45, 7) is 2.64. The summed E-state index contributed by atoms with van der Waals surface area (Å²) in [4.78, 5) is 82.1. The van der Waals surface area contributed by atoms with Gasteiger partial charge in [-0.25, -0.2) is 4.79 Å². The van der Waals surface area contributed by atoms with E-state index in [1.54, 1.807) is 12.1 Å². The van der Waals surface area contributed by atoms with Crippen LogP contribution in [0.3, 0.4) is 0 Å². The first-order valence-electron chi connectivity index (χ1n) is 11.5. The average Bonchev–Trinajstić information content (AvgIpc) is 2.82. The fourth-order valence-electron chi connectivity index (χ4n) is 2.96. The van der Waals surface area contributed by atoms with Crippen LogP contribution in [0, 0.1) is 0 Å². The number of hydrogen-bond donors (Lipinski definition) is 7. The van der Waals surface area contributed by atoms with Crippen molar-refractivity contribution in [3.8, 4) is 0 Å². The van der Waals surface area contributed by atoms with Crippen molar-refractivity contribution in [1.29, 1.82) is 0 Å². The Hall–Kier alpha value is -4.69. The number of rotatable bonds is 15. The molecule has 9 N–H and O–H groups in total. The van der Waals surface area contributed by atoms with Crippen LogP contribution < -0.4 is 32.7 Å². The van der Waals surface area contributed by atoms with Gasteiger partial charge in [-0.3, -0.25) is 28.8 Å². The molecule has 0 aliphatic heterocycles. The SMILES string of the molecule is C[C@H](NC(=O)CCCC(=O)O)C(=O)N[C@@H](C)C(=O)N[C@@H](CC(N)=O)C(=O)Nc1ccc(COC(N)=O)cc1. The Morgan fingerprint density at radius 2 is 1.42 bits per heavy atom. The van der Waals surface area contributed by atoms with Crippen molar-refractivity contribution >= 4 is 47.3 Å². The van der Waals surface area contributed by atoms with Crippen LogP contribution in [0.4, 0.5) is 10.5 Å². The zero-order valence-electron chi connectivity index (χ0n) is 20.9. The Kier molecular flexibility index (Phi) is 12.7. The maximum absolute atomic E-state index is 12.7. The third kappa shape index (κ3) is 12.3. The topological polar surface area (TPSA) is 249 Å². The minimum absolute atomic E-state index is 0.0689. The number of primary amides is 2. The zero-order chi connectivity index (χ0) is 28.8. The second-order valence-corrected chi connectivity index (χ2v) is 8.29. The highest BCUT2D eigenvalue weighted by Gasteiger charge is 2.27. The van der Waals surface area contributed by atoms with E-state index in [1.165, 1.54) is 26.0 Å². The van der Waals surface area contributed by atoms with Crippen molar-refractivity contribution in [2.24, 2.45) is 11.5 Å². The van der Waals surface area contributed by atoms with Crippen LogP contribution in [-0.2, 0) is 40.1 Å². The lowest BCUT2D eigenvalue weighted by molar-refractivity contribution is -0.137. The largest absolute Gasteiger partial charge is 0.481 e. The van der Waals surface area contributed by atoms with Gasteiger partial charge in [0.15, 0.2) is 0 Å². The van der Waals surface area contributed by atoms with Crippen LogP contribution in [-0.4, -0.2) is 64.8 Å². The van der Waals surface area contributed by atoms with Gasteiger partial charge < -0.3 is 42.6 Å². The number of nitrogens with one attached hydrogen (secondary N) is 4. The molecule has 0 unspecified atom stereocenters. The molecular formula is C23H32N6O9. The molecule has 0 aromatic heterocycles. The first kappa shape index (κ1) is 31.3. The molecule has 0 spiro atoms. The quantitative estimate of drug-likeness (QED) is 0.143. The molecule has 38 heavy (non-hydrogen) atoms. The molecule has 0 bridgehead atoms. The van der Waals surface area contributed by atoms with E-state index < -0.39 is 66.1 Å². The number of carbonyl (C=O) groups excluding carboxylic acids is 6. The number of ether oxygens (including phenoxy) is 1. The van der Waals surface area contributed by atoms with Crippen molar-refractivity contribution in [3.63, 3.8) is 0 Å². The molecule has 0 saturated heterocycles. The van der Waals surface area contributed by atoms with Crippen molar-refractivity contribution in [2.75, 3.05) is 5.32 Å². The maximum atomic E-state index is 12.7. The lowest BCUT2D eigenvalue weighted by atomic mass is 10.1. The lowest BCUT2D eigenvalue weighted by Gasteiger charge is -2.22. The van der Waals surface area contributed by atoms with Gasteiger partial charge in [0.1, 0.15) is 24.7 Å². The highest BCUT2D eigenvalue weighted by atomic mass is 16.5. The number of aliphatic carboxylic acids is 1. The van der Waals surface area contributed by atoms with E-state index in [0.717, 1.165) is 0 Å². The van der Waals surface area contributed by atoms with Crippen LogP contribution in [0.25, 0.3) is 0 Å². The van der Waals surface area contributed by atoms with Crippen LogP contribution >= 0.6 is 0 Å². The average molecular weight is 537 g/mol. The first-order valence-corrected chi connectivity index (χ1v) is 11.5. The lowest BCUT2D eigenvalue weighted by Crippen LogP contribution is -2.55. The second kappa shape index (κ2) is 15.4. The molecule has 6 amide bonds. The Labute approximate surface area is 218 Å². The van der Waals surface area contributed by atoms with E-state index in [0.29, 0.717) is 11.3 Å². The maximum Gasteiger partial charge on any atom is 0.404 e. The van der Waals surface area contributed by atoms with Gasteiger partial charge in [-0.2, -0.15) is 0 Å². The van der Waals surface area contributed by atoms with Gasteiger partial charge in [0.2, 0.25) is 29.5 Å². The predicted octanol–water partition coefficient (Wildman–Crippen LogP) is -1.16. The molecule has 0 aliphatic carbocycles. The van der Waals surface area contributed by atoms with Crippen molar-refractivity contribution in [3.05, 3.63) is 29.8 Å². The molecule has 3 atom stereocenters. The number of amides is 6. The van der Waals surface area contributed by atoms with Gasteiger partial charge in [-0.15, -0.1) is 0 Å². The smallest absolute Gasteiger partial charge is 0.404 e. The van der Waals surface area contributed by atoms with Gasteiger partial charge in [0.05, 0.1) is 6.42 Å². The Balaban J connectivity index is 2.68. The summed E-state index contributed by atoms with van der Waals surface area (Å²) in [7, 11) is 0. The summed E-state index contributed by atoms with van der Waals surface area (Å²) in [5.41, 5.74) is 11.0. The van der Waals surface area contributed by atoms with Crippen molar-refractivity contribution < 1.29 is 43.4 Å². The Bertz CT molecular complexity index is 1040. The number of benzene rings is 1. The van der Waals surface area contributed by atoms with Crippen LogP contribution in [0.15, 0.2) is 24.3 Å². The van der Waals surface area contributed by atoms with E-state index in [9.17, 15) is 33.6 Å². The molecule has 208 valence electrons. The van der Waals surface area contributed by atoms with Crippen molar-refractivity contribution in [2.45, 2.75) is 64.3 Å². The minimum Gasteiger partial charge on any atom is -0.481 e. The standard InChI is InChI=1S/C23H32N6O9/c1-12(26-18(31)4-3-5-19(32)33)20(34)27-13(2)21(35)29-16(10-17(24)30)22(36)28-15-8-6-14(7-9-15)11-38-23(25)37/h6-9,12-13,16H,3-5,10-11H2,1-2H3,(H2,24,30)(H2,25,37)(H,26,31)(H,27,34)(H,28,36)(H,29,35)(H,32,33)/t12-,13-,16-/m0/s1. The number of hydrogen-bond acceptors (Lipinski definition) is 8. The molecule has 1 aromatic carbocycles. The van der Waals surface area contributed by atoms with Gasteiger partial charge >= 0.3 is 12.1 Å². The summed E-state index contributed by atoms with van der Waals surface area (Å²) in [5, 5.41) is 18.3. The Morgan fingerprint density at radius 3 is 1.97 bits per heavy atom. The predicted molar refractivity (Wildman–Crippen MR) is 132 cm³/mol. The molecule has 1 aromatic rings. The highest BCUT2D eigenvalue weighted by Crippen LogP contribution is 2.11. The number of nitrogens with two attached hydrogens (primary N) is 2. The van der Waals surface area contributed by atoms with E-state index in [4.69, 9.17) is 16.6 Å². The highest BCUT2D eigenvalue weighted by molar-refractivity contribution is 6.00. The zero-order valence-corrected chi connectivity index (χ0v) is 20.9. The molecule has 15 heteroatoms. The summed E-state index contributed by atoms with van der Waals surface area (Å²) < 4.78 is 4.66. The van der Waals surface area contributed by atoms with E-state index in [2.05, 4.69) is 26.0 Å². The van der Waals surface area contributed by atoms with Crippen LogP contribution in [0.1, 0.15) is 45.1 Å². The molecule has 0 saturated carbocycles. The number of anilines is 1. The molecule has 0 heterocycles. The normalized spacial score (nSPS) is 12.7. The summed E-state index contributed by atoms with van der Waals surface area (Å²) in [6, 6.07) is 2.59. The van der Waals surface area contributed by atoms with Gasteiger partial charge in [-0.05, 0) is 38.0 Å². The summed E-state index contributed by atoms with van der Waals surface area (Å²) in [5.74, 6) is -4.68. The molecule has 0 aliphatic rings. The van der Waals surface area contributed by atoms with Crippen molar-refractivity contribution in [1.82, 2.24) is 16.0 Å². The van der Waals surface area contributed by atoms with Crippen LogP contribution in [0.5, 0.6) is 0 Å². The molecule has 0 fully saturated rings. The van der Waals surface area contributed by atoms with Gasteiger partial charge in [0.25, 0.3) is 0 Å². The fourth-order valence-corrected chi connectivity index (χ4v) is 2.96. The number of carbonyl (C=O) groups is 7. The summed E-state index contributed by atoms with van der Waals surface area (Å²) in [6.07, 6.45) is -1.64. The number of carboxylic acid groups (broad SMARTS) is 1. The van der Waals surface area contributed by atoms with E-state index in [1.807, 2.05) is 0 Å². The molecular weight excluding hydrogens is 504 g/mol. The number of carboxylic acids is 1. The van der Waals surface area contributed by atoms with Gasteiger partial charge in [-0.1, -0.05) is 12.1 Å². The molecule has 15 nitrogen and oxygen atoms in total. The monoisotopic (exact) mass is 536 g/mol. The first-order chi connectivity index (χ1) is 17.8. The fraction of sp³-hybridized carbons (Fsp3) is 0.435. The minimum atomic E-state index is -1.36. The van der Waals surface area contributed by atoms with E-state index >= 15 is 0 Å². The Morgan fingerprint density at radius 1 is 0.842 bits per heavy atom. The van der Waals surface area contributed by atoms with Gasteiger partial charge in [0, 0.05) is 18.5 Å². The second-order valence-electron chi connectivity index (χ2n) is 8.29. The molecule has 0 radical (unpaired) electrons. The molecule has 1 rings (SSSR count). The van der Waals surface area contributed by atoms with E-state index in [-0.39, 0.29) is 25.9 Å². The third-order valence-corrected chi connectivity index (χ3v) is 4.96. The third-order valence-electron chi connectivity index (χ3n) is 4.96. The van der Waals surface area contributed by atoms with Crippen LogP contribution in [0.2, 0.25) is 0 Å². The summed E-state index contributed by atoms with van der Waals surface area (Å²) >= 11 is 0.